The van der Waals surface area contributed by atoms with Gasteiger partial charge in [-0.15, -0.1) is 0 Å². The van der Waals surface area contributed by atoms with Crippen molar-refractivity contribution in [1.29, 1.82) is 0 Å². The van der Waals surface area contributed by atoms with Crippen LogP contribution in [0.25, 0.3) is 0 Å². The van der Waals surface area contributed by atoms with Gasteiger partial charge in [0, 0.05) is 26.3 Å². The first-order chi connectivity index (χ1) is 8.46. The van der Waals surface area contributed by atoms with Gasteiger partial charge in [-0.1, -0.05) is 40.5 Å². The first-order valence-electron chi connectivity index (χ1n) is 7.68. The third-order valence-corrected chi connectivity index (χ3v) is 4.50. The molecule has 1 rings (SSSR count). The van der Waals surface area contributed by atoms with Crippen LogP contribution >= 0.6 is 0 Å². The zero-order valence-electron chi connectivity index (χ0n) is 13.1. The van der Waals surface area contributed by atoms with Crippen molar-refractivity contribution in [3.05, 3.63) is 0 Å². The molecule has 0 aromatic carbocycles. The predicted molar refractivity (Wildman–Crippen MR) is 78.9 cm³/mol. The molecule has 0 heterocycles. The fourth-order valence-electron chi connectivity index (χ4n) is 3.09. The van der Waals surface area contributed by atoms with E-state index in [1.165, 1.54) is 25.7 Å². The molecule has 1 aliphatic carbocycles. The lowest BCUT2D eigenvalue weighted by atomic mass is 9.77. The molecule has 108 valence electrons. The van der Waals surface area contributed by atoms with Gasteiger partial charge in [-0.2, -0.15) is 0 Å². The van der Waals surface area contributed by atoms with Crippen LogP contribution in [-0.2, 0) is 4.74 Å². The van der Waals surface area contributed by atoms with Gasteiger partial charge >= 0.3 is 0 Å². The van der Waals surface area contributed by atoms with Crippen molar-refractivity contribution in [2.24, 2.45) is 17.3 Å². The highest BCUT2D eigenvalue weighted by Crippen LogP contribution is 2.31. The van der Waals surface area contributed by atoms with E-state index in [1.807, 2.05) is 0 Å². The van der Waals surface area contributed by atoms with E-state index < -0.39 is 0 Å². The van der Waals surface area contributed by atoms with Gasteiger partial charge in [0.05, 0.1) is 0 Å². The van der Waals surface area contributed by atoms with Crippen LogP contribution in [0.3, 0.4) is 0 Å². The highest BCUT2D eigenvalue weighted by molar-refractivity contribution is 4.85. The van der Waals surface area contributed by atoms with E-state index >= 15 is 0 Å². The summed E-state index contributed by atoms with van der Waals surface area (Å²) in [6.07, 6.45) is 6.74. The number of hydrogen-bond donors (Lipinski definition) is 1. The lowest BCUT2D eigenvalue weighted by Gasteiger charge is -2.37. The van der Waals surface area contributed by atoms with Gasteiger partial charge in [0.2, 0.25) is 0 Å². The fraction of sp³-hybridized carbons (Fsp3) is 1.00. The highest BCUT2D eigenvalue weighted by atomic mass is 16.5. The maximum atomic E-state index is 5.20. The average molecular weight is 255 g/mol. The molecule has 2 nitrogen and oxygen atoms in total. The molecule has 0 spiro atoms. The molecule has 1 fully saturated rings. The van der Waals surface area contributed by atoms with Crippen molar-refractivity contribution in [1.82, 2.24) is 5.32 Å². The second-order valence-electron chi connectivity index (χ2n) is 7.09. The lowest BCUT2D eigenvalue weighted by molar-refractivity contribution is 0.137. The molecule has 0 amide bonds. The molecule has 1 aliphatic rings. The van der Waals surface area contributed by atoms with Crippen LogP contribution in [0.15, 0.2) is 0 Å². The van der Waals surface area contributed by atoms with Gasteiger partial charge in [0.15, 0.2) is 0 Å². The van der Waals surface area contributed by atoms with E-state index in [-0.39, 0.29) is 0 Å². The Balaban J connectivity index is 2.40. The van der Waals surface area contributed by atoms with Crippen LogP contribution in [0.2, 0.25) is 0 Å². The number of nitrogens with one attached hydrogen (secondary N) is 1. The minimum atomic E-state index is 0.342. The first-order valence-corrected chi connectivity index (χ1v) is 7.68. The van der Waals surface area contributed by atoms with Crippen LogP contribution in [0, 0.1) is 17.3 Å². The Morgan fingerprint density at radius 2 is 1.89 bits per heavy atom. The first kappa shape index (κ1) is 16.0. The third-order valence-electron chi connectivity index (χ3n) is 4.50. The molecule has 2 atom stereocenters. The molecule has 2 unspecified atom stereocenters. The summed E-state index contributed by atoms with van der Waals surface area (Å²) in [7, 11) is 1.79. The maximum absolute atomic E-state index is 5.20. The number of ether oxygens (including phenoxy) is 1. The summed E-state index contributed by atoms with van der Waals surface area (Å²) >= 11 is 0. The molecular formula is C16H33NO. The SMILES string of the molecule is COCCC(C)(C)CNC1CCCCC1C(C)C. The molecule has 0 aromatic heterocycles. The molecule has 0 aliphatic heterocycles. The monoisotopic (exact) mass is 255 g/mol. The fourth-order valence-corrected chi connectivity index (χ4v) is 3.09. The minimum Gasteiger partial charge on any atom is -0.385 e. The van der Waals surface area contributed by atoms with E-state index in [9.17, 15) is 0 Å². The third kappa shape index (κ3) is 5.27. The summed E-state index contributed by atoms with van der Waals surface area (Å²) in [6, 6.07) is 0.737. The van der Waals surface area contributed by atoms with Crippen LogP contribution in [0.1, 0.15) is 59.8 Å². The standard InChI is InChI=1S/C16H33NO/c1-13(2)14-8-6-7-9-15(14)17-12-16(3,4)10-11-18-5/h13-15,17H,6-12H2,1-5H3. The second kappa shape index (κ2) is 7.49. The molecular weight excluding hydrogens is 222 g/mol. The molecule has 0 bridgehead atoms. The maximum Gasteiger partial charge on any atom is 0.0467 e. The number of hydrogen-bond acceptors (Lipinski definition) is 2. The Morgan fingerprint density at radius 1 is 1.22 bits per heavy atom. The van der Waals surface area contributed by atoms with E-state index in [2.05, 4.69) is 33.0 Å². The molecule has 0 saturated heterocycles. The molecule has 0 radical (unpaired) electrons. The van der Waals surface area contributed by atoms with Crippen molar-refractivity contribution in [3.63, 3.8) is 0 Å². The van der Waals surface area contributed by atoms with Crippen LogP contribution in [-0.4, -0.2) is 26.3 Å². The van der Waals surface area contributed by atoms with Gasteiger partial charge in [0.1, 0.15) is 0 Å². The van der Waals surface area contributed by atoms with Crippen LogP contribution in [0.4, 0.5) is 0 Å². The lowest BCUT2D eigenvalue weighted by Crippen LogP contribution is -2.44. The zero-order chi connectivity index (χ0) is 13.6. The molecule has 2 heteroatoms. The topological polar surface area (TPSA) is 21.3 Å². The summed E-state index contributed by atoms with van der Waals surface area (Å²) < 4.78 is 5.20. The Hall–Kier alpha value is -0.0800. The van der Waals surface area contributed by atoms with Gasteiger partial charge in [0.25, 0.3) is 0 Å². The predicted octanol–water partition coefficient (Wildman–Crippen LogP) is 3.85. The normalized spacial score (nSPS) is 25.7. The number of methoxy groups -OCH3 is 1. The van der Waals surface area contributed by atoms with E-state index in [1.54, 1.807) is 7.11 Å². The van der Waals surface area contributed by atoms with Gasteiger partial charge in [-0.05, 0) is 36.5 Å². The molecule has 18 heavy (non-hydrogen) atoms. The van der Waals surface area contributed by atoms with E-state index in [4.69, 9.17) is 4.74 Å². The molecule has 0 aromatic rings. The Bertz CT molecular complexity index is 225. The van der Waals surface area contributed by atoms with Crippen molar-refractivity contribution >= 4 is 0 Å². The summed E-state index contributed by atoms with van der Waals surface area (Å²) in [4.78, 5) is 0. The summed E-state index contributed by atoms with van der Waals surface area (Å²) in [5.74, 6) is 1.68. The summed E-state index contributed by atoms with van der Waals surface area (Å²) in [5.41, 5.74) is 0.342. The minimum absolute atomic E-state index is 0.342. The van der Waals surface area contributed by atoms with Crippen LogP contribution < -0.4 is 5.32 Å². The quantitative estimate of drug-likeness (QED) is 0.746. The number of rotatable bonds is 7. The van der Waals surface area contributed by atoms with Crippen LogP contribution in [0.5, 0.6) is 0 Å². The summed E-state index contributed by atoms with van der Waals surface area (Å²) in [6.45, 7) is 11.4. The van der Waals surface area contributed by atoms with Crippen molar-refractivity contribution in [2.75, 3.05) is 20.3 Å². The van der Waals surface area contributed by atoms with Gasteiger partial charge in [-0.25, -0.2) is 0 Å². The Morgan fingerprint density at radius 3 is 2.50 bits per heavy atom. The second-order valence-corrected chi connectivity index (χ2v) is 7.09. The molecule has 1 saturated carbocycles. The smallest absolute Gasteiger partial charge is 0.0467 e. The van der Waals surface area contributed by atoms with Crippen molar-refractivity contribution < 1.29 is 4.74 Å². The molecule has 1 N–H and O–H groups in total. The highest BCUT2D eigenvalue weighted by Gasteiger charge is 2.28. The largest absolute Gasteiger partial charge is 0.385 e. The van der Waals surface area contributed by atoms with E-state index in [0.29, 0.717) is 5.41 Å². The van der Waals surface area contributed by atoms with E-state index in [0.717, 1.165) is 37.5 Å². The van der Waals surface area contributed by atoms with Gasteiger partial charge in [-0.3, -0.25) is 0 Å². The zero-order valence-corrected chi connectivity index (χ0v) is 13.1. The van der Waals surface area contributed by atoms with Gasteiger partial charge < -0.3 is 10.1 Å². The summed E-state index contributed by atoms with van der Waals surface area (Å²) in [5, 5.41) is 3.85. The van der Waals surface area contributed by atoms with Crippen molar-refractivity contribution in [3.8, 4) is 0 Å². The average Bonchev–Trinajstić information content (AvgIpc) is 2.34. The van der Waals surface area contributed by atoms with Crippen molar-refractivity contribution in [2.45, 2.75) is 65.8 Å². The Kier molecular flexibility index (Phi) is 6.65. The Labute approximate surface area is 114 Å².